The number of aliphatic hydroxyl groups excluding tert-OH is 1. The maximum atomic E-state index is 14.1. The fourth-order valence-electron chi connectivity index (χ4n) is 5.74. The Bertz CT molecular complexity index is 1550. The summed E-state index contributed by atoms with van der Waals surface area (Å²) in [4.78, 5) is 27.0. The molecule has 0 aliphatic rings. The standard InChI is InChI=1S/C37H49F2N3O5S/c1-4-11-32(12-5-2)48(46,47)25-34(41-36(44)21-27-13-8-7-9-14-27)37(45)42-33(20-29-18-30(38)22-31(39)19-29)35(43)24-40-23-28-16-10-15-26(6-3)17-28/h7-10,13-19,22,32-35,40,43H,4-6,11-12,20-21,23-25H2,1-3H3,(H,41,44)(H,42,45)/t33-,34-,35+/m0/s1. The van der Waals surface area contributed by atoms with E-state index in [0.29, 0.717) is 37.8 Å². The zero-order chi connectivity index (χ0) is 35.1. The molecule has 0 saturated carbocycles. The summed E-state index contributed by atoms with van der Waals surface area (Å²) in [7, 11) is -3.84. The molecule has 0 radical (unpaired) electrons. The number of aryl methyl sites for hydroxylation is 1. The summed E-state index contributed by atoms with van der Waals surface area (Å²) in [5.41, 5.74) is 3.03. The van der Waals surface area contributed by atoms with Gasteiger partial charge in [0.1, 0.15) is 17.7 Å². The SMILES string of the molecule is CCCC(CCC)S(=O)(=O)C[C@H](NC(=O)Cc1ccccc1)C(=O)N[C@@H](Cc1cc(F)cc(F)c1)[C@H](O)CNCc1cccc(CC)c1. The largest absolute Gasteiger partial charge is 0.390 e. The summed E-state index contributed by atoms with van der Waals surface area (Å²) >= 11 is 0. The summed E-state index contributed by atoms with van der Waals surface area (Å²) in [5.74, 6) is -3.61. The van der Waals surface area contributed by atoms with Gasteiger partial charge in [0.05, 0.1) is 29.6 Å². The van der Waals surface area contributed by atoms with E-state index in [-0.39, 0.29) is 24.9 Å². The van der Waals surface area contributed by atoms with Crippen LogP contribution in [-0.2, 0) is 45.2 Å². The van der Waals surface area contributed by atoms with E-state index >= 15 is 0 Å². The first-order valence-corrected chi connectivity index (χ1v) is 18.4. The van der Waals surface area contributed by atoms with Crippen molar-refractivity contribution in [3.05, 3.63) is 107 Å². The van der Waals surface area contributed by atoms with E-state index in [4.69, 9.17) is 0 Å². The Hall–Kier alpha value is -3.67. The number of benzene rings is 3. The van der Waals surface area contributed by atoms with E-state index in [1.807, 2.05) is 38.1 Å². The minimum atomic E-state index is -3.84. The van der Waals surface area contributed by atoms with Crippen molar-refractivity contribution in [1.29, 1.82) is 0 Å². The predicted octanol–water partition coefficient (Wildman–Crippen LogP) is 4.82. The van der Waals surface area contributed by atoms with E-state index in [1.54, 1.807) is 30.3 Å². The van der Waals surface area contributed by atoms with E-state index in [1.165, 1.54) is 0 Å². The fourth-order valence-corrected chi connectivity index (χ4v) is 7.90. The van der Waals surface area contributed by atoms with Gasteiger partial charge < -0.3 is 21.1 Å². The molecule has 0 aromatic heterocycles. The van der Waals surface area contributed by atoms with Crippen LogP contribution >= 0.6 is 0 Å². The lowest BCUT2D eigenvalue weighted by Crippen LogP contribution is -2.57. The Morgan fingerprint density at radius 2 is 1.42 bits per heavy atom. The van der Waals surface area contributed by atoms with Crippen LogP contribution in [0.15, 0.2) is 72.8 Å². The molecule has 0 spiro atoms. The quantitative estimate of drug-likeness (QED) is 0.135. The Kier molecular flexibility index (Phi) is 15.6. The van der Waals surface area contributed by atoms with Crippen LogP contribution in [0.4, 0.5) is 8.78 Å². The van der Waals surface area contributed by atoms with Gasteiger partial charge in [0.25, 0.3) is 0 Å². The number of carbonyl (C=O) groups is 2. The molecule has 3 atom stereocenters. The summed E-state index contributed by atoms with van der Waals surface area (Å²) in [6.45, 7) is 6.26. The van der Waals surface area contributed by atoms with Crippen LogP contribution in [0.3, 0.4) is 0 Å². The molecule has 0 heterocycles. The minimum Gasteiger partial charge on any atom is -0.390 e. The molecule has 8 nitrogen and oxygen atoms in total. The molecule has 0 saturated heterocycles. The van der Waals surface area contributed by atoms with Crippen LogP contribution in [0.2, 0.25) is 0 Å². The van der Waals surface area contributed by atoms with E-state index < -0.39 is 62.5 Å². The molecule has 4 N–H and O–H groups in total. The Balaban J connectivity index is 1.86. The molecule has 2 amide bonds. The van der Waals surface area contributed by atoms with Crippen molar-refractivity contribution >= 4 is 21.7 Å². The van der Waals surface area contributed by atoms with Crippen LogP contribution < -0.4 is 16.0 Å². The van der Waals surface area contributed by atoms with Gasteiger partial charge in [0.15, 0.2) is 9.84 Å². The predicted molar refractivity (Wildman–Crippen MR) is 185 cm³/mol. The summed E-state index contributed by atoms with van der Waals surface area (Å²) in [6.07, 6.45) is 1.51. The Morgan fingerprint density at radius 3 is 2.04 bits per heavy atom. The monoisotopic (exact) mass is 685 g/mol. The lowest BCUT2D eigenvalue weighted by molar-refractivity contribution is -0.129. The second-order valence-electron chi connectivity index (χ2n) is 12.3. The molecule has 0 aliphatic carbocycles. The number of hydrogen-bond donors (Lipinski definition) is 4. The topological polar surface area (TPSA) is 125 Å². The maximum Gasteiger partial charge on any atom is 0.243 e. The van der Waals surface area contributed by atoms with Gasteiger partial charge in [0.2, 0.25) is 11.8 Å². The fraction of sp³-hybridized carbons (Fsp3) is 0.459. The van der Waals surface area contributed by atoms with Crippen molar-refractivity contribution in [1.82, 2.24) is 16.0 Å². The van der Waals surface area contributed by atoms with Crippen molar-refractivity contribution in [3.8, 4) is 0 Å². The van der Waals surface area contributed by atoms with Crippen LogP contribution in [0.25, 0.3) is 0 Å². The van der Waals surface area contributed by atoms with Gasteiger partial charge in [-0.15, -0.1) is 0 Å². The Morgan fingerprint density at radius 1 is 0.792 bits per heavy atom. The molecular formula is C37H49F2N3O5S. The number of hydrogen-bond acceptors (Lipinski definition) is 6. The van der Waals surface area contributed by atoms with Crippen molar-refractivity contribution in [2.75, 3.05) is 12.3 Å². The molecular weight excluding hydrogens is 636 g/mol. The number of amides is 2. The molecule has 0 aliphatic heterocycles. The normalized spacial score (nSPS) is 13.6. The number of halogens is 2. The third-order valence-electron chi connectivity index (χ3n) is 8.24. The lowest BCUT2D eigenvalue weighted by Gasteiger charge is -2.28. The summed E-state index contributed by atoms with van der Waals surface area (Å²) in [6, 6.07) is 17.2. The number of aliphatic hydroxyl groups is 1. The van der Waals surface area contributed by atoms with Gasteiger partial charge in [-0.25, -0.2) is 17.2 Å². The van der Waals surface area contributed by atoms with Gasteiger partial charge in [-0.1, -0.05) is 88.2 Å². The van der Waals surface area contributed by atoms with Gasteiger partial charge in [-0.3, -0.25) is 9.59 Å². The first-order valence-electron chi connectivity index (χ1n) is 16.7. The van der Waals surface area contributed by atoms with Gasteiger partial charge in [-0.2, -0.15) is 0 Å². The first-order chi connectivity index (χ1) is 22.9. The molecule has 262 valence electrons. The lowest BCUT2D eigenvalue weighted by atomic mass is 10.00. The van der Waals surface area contributed by atoms with Crippen molar-refractivity contribution in [2.24, 2.45) is 0 Å². The average Bonchev–Trinajstić information content (AvgIpc) is 3.04. The molecule has 3 aromatic rings. The third-order valence-corrected chi connectivity index (χ3v) is 10.5. The minimum absolute atomic E-state index is 0.0114. The van der Waals surface area contributed by atoms with Gasteiger partial charge in [-0.05, 0) is 60.1 Å². The molecule has 3 rings (SSSR count). The van der Waals surface area contributed by atoms with Gasteiger partial charge in [0, 0.05) is 19.2 Å². The van der Waals surface area contributed by atoms with E-state index in [2.05, 4.69) is 22.9 Å². The Labute approximate surface area is 283 Å². The highest BCUT2D eigenvalue weighted by atomic mass is 32.2. The van der Waals surface area contributed by atoms with E-state index in [9.17, 15) is 31.9 Å². The molecule has 0 unspecified atom stereocenters. The number of carbonyl (C=O) groups excluding carboxylic acids is 2. The highest BCUT2D eigenvalue weighted by molar-refractivity contribution is 7.92. The second-order valence-corrected chi connectivity index (χ2v) is 14.6. The summed E-state index contributed by atoms with van der Waals surface area (Å²) < 4.78 is 55.4. The van der Waals surface area contributed by atoms with Crippen molar-refractivity contribution in [2.45, 2.75) is 95.7 Å². The number of sulfone groups is 1. The molecule has 48 heavy (non-hydrogen) atoms. The maximum absolute atomic E-state index is 14.1. The zero-order valence-electron chi connectivity index (χ0n) is 28.1. The third kappa shape index (κ3) is 12.7. The molecule has 0 fully saturated rings. The molecule has 11 heteroatoms. The van der Waals surface area contributed by atoms with Crippen LogP contribution in [0.5, 0.6) is 0 Å². The van der Waals surface area contributed by atoms with Crippen LogP contribution in [-0.4, -0.2) is 61.1 Å². The van der Waals surface area contributed by atoms with Crippen LogP contribution in [0.1, 0.15) is 68.7 Å². The van der Waals surface area contributed by atoms with E-state index in [0.717, 1.165) is 35.7 Å². The van der Waals surface area contributed by atoms with Crippen LogP contribution in [0, 0.1) is 11.6 Å². The first kappa shape index (κ1) is 38.8. The van der Waals surface area contributed by atoms with Crippen molar-refractivity contribution < 1.29 is 31.9 Å². The average molecular weight is 686 g/mol. The smallest absolute Gasteiger partial charge is 0.243 e. The second kappa shape index (κ2) is 19.4. The van der Waals surface area contributed by atoms with Gasteiger partial charge >= 0.3 is 0 Å². The highest BCUT2D eigenvalue weighted by Crippen LogP contribution is 2.18. The molecule has 0 bridgehead atoms. The number of nitrogens with one attached hydrogen (secondary N) is 3. The van der Waals surface area contributed by atoms with Crippen molar-refractivity contribution in [3.63, 3.8) is 0 Å². The highest BCUT2D eigenvalue weighted by Gasteiger charge is 2.34. The summed E-state index contributed by atoms with van der Waals surface area (Å²) in [5, 5.41) is 19.1. The molecule has 3 aromatic carbocycles. The zero-order valence-corrected chi connectivity index (χ0v) is 28.9. The number of rotatable bonds is 20.